The molecule has 0 atom stereocenters. The molecule has 0 amide bonds. The molecular formula is C16H12F4N2O2S2. The van der Waals surface area contributed by atoms with E-state index in [0.717, 1.165) is 28.5 Å². The molecule has 1 heterocycles. The molecule has 1 aromatic heterocycles. The van der Waals surface area contributed by atoms with Gasteiger partial charge in [0, 0.05) is 5.75 Å². The largest absolute Gasteiger partial charge is 0.341 e. The van der Waals surface area contributed by atoms with Gasteiger partial charge < -0.3 is 0 Å². The Morgan fingerprint density at radius 3 is 2.27 bits per heavy atom. The number of fused-ring (bicyclic) bond motifs is 1. The maximum Gasteiger partial charge on any atom is 0.341 e. The van der Waals surface area contributed by atoms with E-state index in [9.17, 15) is 26.0 Å². The molecule has 0 aliphatic carbocycles. The molecule has 0 saturated carbocycles. The molecule has 0 N–H and O–H groups in total. The van der Waals surface area contributed by atoms with Crippen LogP contribution in [-0.2, 0) is 15.6 Å². The maximum absolute atomic E-state index is 13.3. The Labute approximate surface area is 150 Å². The summed E-state index contributed by atoms with van der Waals surface area (Å²) in [6, 6.07) is 11.4. The first-order chi connectivity index (χ1) is 12.3. The molecule has 0 aliphatic heterocycles. The lowest BCUT2D eigenvalue weighted by atomic mass is 10.2. The van der Waals surface area contributed by atoms with Crippen LogP contribution in [0.1, 0.15) is 12.1 Å². The summed E-state index contributed by atoms with van der Waals surface area (Å²) >= 11 is 1.05. The molecule has 138 valence electrons. The molecule has 26 heavy (non-hydrogen) atoms. The fraction of sp³-hybridized carbons (Fsp3) is 0.188. The zero-order valence-corrected chi connectivity index (χ0v) is 14.7. The molecule has 3 rings (SSSR count). The van der Waals surface area contributed by atoms with Crippen molar-refractivity contribution in [3.8, 4) is 0 Å². The Hall–Kier alpha value is -2.07. The minimum atomic E-state index is -4.65. The van der Waals surface area contributed by atoms with Crippen molar-refractivity contribution in [2.24, 2.45) is 0 Å². The number of hydrogen-bond donors (Lipinski definition) is 0. The van der Waals surface area contributed by atoms with Crippen LogP contribution < -0.4 is 0 Å². The Morgan fingerprint density at radius 1 is 1.00 bits per heavy atom. The molecule has 0 fully saturated rings. The summed E-state index contributed by atoms with van der Waals surface area (Å²) in [5.41, 5.74) is 1.34. The zero-order chi connectivity index (χ0) is 18.9. The Morgan fingerprint density at radius 2 is 1.65 bits per heavy atom. The van der Waals surface area contributed by atoms with E-state index in [1.807, 2.05) is 0 Å². The predicted octanol–water partition coefficient (Wildman–Crippen LogP) is 4.72. The smallest absolute Gasteiger partial charge is 0.261 e. The molecule has 0 unspecified atom stereocenters. The summed E-state index contributed by atoms with van der Waals surface area (Å²) in [7, 11) is -4.65. The topological polar surface area (TPSA) is 52.0 Å². The lowest BCUT2D eigenvalue weighted by molar-refractivity contribution is 0.0656. The van der Waals surface area contributed by atoms with E-state index in [1.165, 1.54) is 12.1 Å². The second-order valence-electron chi connectivity index (χ2n) is 5.27. The van der Waals surface area contributed by atoms with E-state index < -0.39 is 27.0 Å². The lowest BCUT2D eigenvalue weighted by Crippen LogP contribution is -2.11. The van der Waals surface area contributed by atoms with Crippen LogP contribution >= 0.6 is 11.8 Å². The van der Waals surface area contributed by atoms with Crippen LogP contribution in [0.25, 0.3) is 11.0 Å². The number of benzene rings is 2. The fourth-order valence-electron chi connectivity index (χ4n) is 2.34. The average molecular weight is 404 g/mol. The fourth-order valence-corrected chi connectivity index (χ4v) is 4.03. The van der Waals surface area contributed by atoms with Gasteiger partial charge in [0.15, 0.2) is 5.16 Å². The maximum atomic E-state index is 13.3. The highest BCUT2D eigenvalue weighted by molar-refractivity contribution is 7.98. The number of imidazole rings is 1. The second-order valence-corrected chi connectivity index (χ2v) is 8.13. The number of halogens is 4. The number of hydrogen-bond acceptors (Lipinski definition) is 4. The first-order valence-corrected chi connectivity index (χ1v) is 9.83. The van der Waals surface area contributed by atoms with E-state index in [1.54, 1.807) is 24.3 Å². The molecule has 0 radical (unpaired) electrons. The van der Waals surface area contributed by atoms with E-state index >= 15 is 0 Å². The van der Waals surface area contributed by atoms with E-state index in [0.29, 0.717) is 16.6 Å². The standard InChI is InChI=1S/C16H12F4N2O2S2/c17-14(18)22-13-4-2-1-3-12(13)21-16(22)25-9-10-5-7-11(8-6-10)26(23,24)15(19)20/h1-8,14-15H,9H2. The Balaban J connectivity index is 1.82. The van der Waals surface area contributed by atoms with Crippen LogP contribution in [-0.4, -0.2) is 23.7 Å². The molecule has 0 saturated heterocycles. The highest BCUT2D eigenvalue weighted by atomic mass is 32.2. The third-order valence-corrected chi connectivity index (χ3v) is 6.04. The van der Waals surface area contributed by atoms with Gasteiger partial charge in [-0.2, -0.15) is 17.6 Å². The summed E-state index contributed by atoms with van der Waals surface area (Å²) < 4.78 is 75.3. The van der Waals surface area contributed by atoms with Crippen molar-refractivity contribution in [2.45, 2.75) is 28.1 Å². The molecule has 0 spiro atoms. The van der Waals surface area contributed by atoms with Crippen molar-refractivity contribution in [3.05, 3.63) is 54.1 Å². The van der Waals surface area contributed by atoms with Crippen molar-refractivity contribution < 1.29 is 26.0 Å². The van der Waals surface area contributed by atoms with Crippen LogP contribution in [0.4, 0.5) is 17.6 Å². The molecular weight excluding hydrogens is 392 g/mol. The van der Waals surface area contributed by atoms with E-state index in [4.69, 9.17) is 0 Å². The Bertz CT molecular complexity index is 1020. The number of alkyl halides is 4. The van der Waals surface area contributed by atoms with Crippen LogP contribution in [0.3, 0.4) is 0 Å². The molecule has 4 nitrogen and oxygen atoms in total. The van der Waals surface area contributed by atoms with Crippen molar-refractivity contribution in [2.75, 3.05) is 0 Å². The van der Waals surface area contributed by atoms with Crippen molar-refractivity contribution in [1.82, 2.24) is 9.55 Å². The monoisotopic (exact) mass is 404 g/mol. The van der Waals surface area contributed by atoms with Gasteiger partial charge >= 0.3 is 12.3 Å². The molecule has 0 aliphatic rings. The van der Waals surface area contributed by atoms with Gasteiger partial charge in [-0.3, -0.25) is 4.57 Å². The number of aromatic nitrogens is 2. The van der Waals surface area contributed by atoms with Gasteiger partial charge in [-0.1, -0.05) is 36.0 Å². The van der Waals surface area contributed by atoms with Crippen LogP contribution in [0.15, 0.2) is 58.6 Å². The molecule has 2 aromatic carbocycles. The van der Waals surface area contributed by atoms with Gasteiger partial charge in [0.25, 0.3) is 0 Å². The van der Waals surface area contributed by atoms with Gasteiger partial charge in [0.05, 0.1) is 15.9 Å². The van der Waals surface area contributed by atoms with Crippen molar-refractivity contribution in [1.29, 1.82) is 0 Å². The third-order valence-electron chi connectivity index (χ3n) is 3.61. The van der Waals surface area contributed by atoms with Gasteiger partial charge in [0.2, 0.25) is 9.84 Å². The third kappa shape index (κ3) is 3.56. The molecule has 10 heteroatoms. The minimum absolute atomic E-state index is 0.116. The van der Waals surface area contributed by atoms with Gasteiger partial charge in [-0.15, -0.1) is 0 Å². The number of rotatable bonds is 6. The van der Waals surface area contributed by atoms with Gasteiger partial charge in [-0.25, -0.2) is 13.4 Å². The van der Waals surface area contributed by atoms with E-state index in [-0.39, 0.29) is 10.9 Å². The van der Waals surface area contributed by atoms with Crippen LogP contribution in [0.2, 0.25) is 0 Å². The first kappa shape index (κ1) is 18.7. The minimum Gasteiger partial charge on any atom is -0.261 e. The summed E-state index contributed by atoms with van der Waals surface area (Å²) in [6.45, 7) is -2.76. The zero-order valence-electron chi connectivity index (χ0n) is 13.0. The summed E-state index contributed by atoms with van der Waals surface area (Å²) in [6.07, 6.45) is 0. The quantitative estimate of drug-likeness (QED) is 0.441. The van der Waals surface area contributed by atoms with Gasteiger partial charge in [-0.05, 0) is 29.8 Å². The Kier molecular flexibility index (Phi) is 5.24. The molecule has 0 bridgehead atoms. The average Bonchev–Trinajstić information content (AvgIpc) is 2.98. The van der Waals surface area contributed by atoms with Crippen LogP contribution in [0.5, 0.6) is 0 Å². The first-order valence-electron chi connectivity index (χ1n) is 7.29. The van der Waals surface area contributed by atoms with Crippen molar-refractivity contribution in [3.63, 3.8) is 0 Å². The number of para-hydroxylation sites is 2. The highest BCUT2D eigenvalue weighted by Gasteiger charge is 2.26. The number of sulfone groups is 1. The summed E-state index contributed by atoms with van der Waals surface area (Å²) in [5, 5.41) is 0.116. The summed E-state index contributed by atoms with van der Waals surface area (Å²) in [4.78, 5) is 3.69. The normalized spacial score (nSPS) is 12.4. The van der Waals surface area contributed by atoms with Crippen LogP contribution in [0, 0.1) is 0 Å². The number of thioether (sulfide) groups is 1. The van der Waals surface area contributed by atoms with E-state index in [2.05, 4.69) is 4.98 Å². The molecule has 3 aromatic rings. The number of nitrogens with zero attached hydrogens (tertiary/aromatic N) is 2. The SMILES string of the molecule is O=S(=O)(c1ccc(CSc2nc3ccccc3n2C(F)F)cc1)C(F)F. The lowest BCUT2D eigenvalue weighted by Gasteiger charge is -2.08. The predicted molar refractivity (Wildman–Crippen MR) is 90.2 cm³/mol. The summed E-state index contributed by atoms with van der Waals surface area (Å²) in [5.74, 6) is -3.26. The van der Waals surface area contributed by atoms with Gasteiger partial charge in [0.1, 0.15) is 0 Å². The van der Waals surface area contributed by atoms with Crippen molar-refractivity contribution >= 4 is 32.6 Å². The highest BCUT2D eigenvalue weighted by Crippen LogP contribution is 2.31. The second kappa shape index (κ2) is 7.28.